The molecule has 1 nitrogen and oxygen atoms in total. The predicted octanol–water partition coefficient (Wildman–Crippen LogP) is 7.14. The smallest absolute Gasteiger partial charge is 0.0780 e. The summed E-state index contributed by atoms with van der Waals surface area (Å²) in [6, 6.07) is 18.5. The van der Waals surface area contributed by atoms with E-state index in [-0.39, 0.29) is 0 Å². The van der Waals surface area contributed by atoms with Crippen molar-refractivity contribution in [3.05, 3.63) is 60.3 Å². The van der Waals surface area contributed by atoms with Crippen LogP contribution in [-0.4, -0.2) is 22.7 Å². The van der Waals surface area contributed by atoms with Crippen LogP contribution >= 0.6 is 10.0 Å². The van der Waals surface area contributed by atoms with E-state index in [4.69, 9.17) is 4.98 Å². The molecule has 1 heterocycles. The average molecular weight is 376 g/mol. The molecule has 0 bridgehead atoms. The fourth-order valence-corrected chi connectivity index (χ4v) is 7.31. The fourth-order valence-electron chi connectivity index (χ4n) is 4.76. The Balaban J connectivity index is 1.57. The lowest BCUT2D eigenvalue weighted by Gasteiger charge is -2.32. The van der Waals surface area contributed by atoms with E-state index in [2.05, 4.69) is 61.0 Å². The van der Waals surface area contributed by atoms with Gasteiger partial charge in [0.15, 0.2) is 0 Å². The second-order valence-electron chi connectivity index (χ2n) is 8.75. The van der Waals surface area contributed by atoms with Gasteiger partial charge < -0.3 is 0 Å². The molecule has 1 aromatic heterocycles. The van der Waals surface area contributed by atoms with E-state index in [1.165, 1.54) is 60.4 Å². The van der Waals surface area contributed by atoms with E-state index in [0.29, 0.717) is 0 Å². The summed E-state index contributed by atoms with van der Waals surface area (Å²) in [7, 11) is -0.673. The summed E-state index contributed by atoms with van der Waals surface area (Å²) >= 11 is 0. The van der Waals surface area contributed by atoms with Crippen LogP contribution in [0.2, 0.25) is 0 Å². The van der Waals surface area contributed by atoms with Crippen molar-refractivity contribution in [3.63, 3.8) is 0 Å². The second-order valence-corrected chi connectivity index (χ2v) is 12.7. The van der Waals surface area contributed by atoms with Crippen molar-refractivity contribution in [3.8, 4) is 11.3 Å². The normalized spacial score (nSPS) is 18.9. The molecule has 0 saturated heterocycles. The lowest BCUT2D eigenvalue weighted by molar-refractivity contribution is 0.723. The highest BCUT2D eigenvalue weighted by molar-refractivity contribution is 8.33. The Hall–Kier alpha value is -1.80. The molecule has 0 spiro atoms. The molecule has 0 radical (unpaired) electrons. The Morgan fingerprint density at radius 1 is 0.889 bits per heavy atom. The van der Waals surface area contributed by atoms with E-state index >= 15 is 0 Å². The van der Waals surface area contributed by atoms with Gasteiger partial charge in [-0.25, -0.2) is 10.0 Å². The van der Waals surface area contributed by atoms with E-state index in [0.717, 1.165) is 16.9 Å². The summed E-state index contributed by atoms with van der Waals surface area (Å²) in [6.45, 7) is 0. The number of fused-ring (bicyclic) bond motifs is 1. The largest absolute Gasteiger partial charge is 0.256 e. The van der Waals surface area contributed by atoms with Crippen molar-refractivity contribution < 1.29 is 0 Å². The topological polar surface area (TPSA) is 12.9 Å². The maximum atomic E-state index is 4.79. The molecule has 2 aliphatic rings. The number of rotatable bonds is 4. The van der Waals surface area contributed by atoms with Gasteiger partial charge in [-0.1, -0.05) is 37.1 Å². The molecular formula is C25H29NS. The third-order valence-electron chi connectivity index (χ3n) is 6.69. The first kappa shape index (κ1) is 17.3. The Kier molecular flexibility index (Phi) is 4.27. The first-order chi connectivity index (χ1) is 13.1. The monoisotopic (exact) mass is 375 g/mol. The summed E-state index contributed by atoms with van der Waals surface area (Å²) < 4.78 is 0. The number of hydrogen-bond donors (Lipinski definition) is 0. The van der Waals surface area contributed by atoms with Crippen LogP contribution in [0.25, 0.3) is 22.0 Å². The van der Waals surface area contributed by atoms with E-state index < -0.39 is 10.0 Å². The molecule has 3 aromatic rings. The van der Waals surface area contributed by atoms with Crippen molar-refractivity contribution in [1.82, 2.24) is 4.98 Å². The van der Waals surface area contributed by atoms with Crippen molar-refractivity contribution in [2.24, 2.45) is 0 Å². The highest BCUT2D eigenvalue weighted by Crippen LogP contribution is 2.62. The van der Waals surface area contributed by atoms with E-state index in [1.807, 2.05) is 6.20 Å². The van der Waals surface area contributed by atoms with Crippen LogP contribution in [0.1, 0.15) is 50.0 Å². The Labute approximate surface area is 164 Å². The van der Waals surface area contributed by atoms with Crippen LogP contribution in [0.3, 0.4) is 0 Å². The number of hydrogen-bond acceptors (Lipinski definition) is 1. The standard InChI is InChI=1S/C25H29NS/c1-27(2,22-10-11-22)23-12-13-24-20(17-23)14-15-26-25(24)21-9-5-8-19(16-21)18-6-3-4-7-18/h5,8-9,12-18,22H,3-4,6-7,10-11H2,1-2H3. The number of pyridine rings is 1. The molecule has 2 saturated carbocycles. The van der Waals surface area contributed by atoms with Crippen molar-refractivity contribution >= 4 is 20.8 Å². The molecule has 5 rings (SSSR count). The highest BCUT2D eigenvalue weighted by atomic mass is 32.3. The van der Waals surface area contributed by atoms with Crippen LogP contribution in [-0.2, 0) is 0 Å². The molecule has 0 aliphatic heterocycles. The van der Waals surface area contributed by atoms with Gasteiger partial charge in [-0.3, -0.25) is 4.98 Å². The quantitative estimate of drug-likeness (QED) is 0.472. The van der Waals surface area contributed by atoms with Gasteiger partial charge in [0.05, 0.1) is 5.69 Å². The molecular weight excluding hydrogens is 346 g/mol. The lowest BCUT2D eigenvalue weighted by atomic mass is 9.94. The number of aromatic nitrogens is 1. The zero-order valence-electron chi connectivity index (χ0n) is 16.4. The van der Waals surface area contributed by atoms with E-state index in [1.54, 1.807) is 4.90 Å². The fraction of sp³-hybridized carbons (Fsp3) is 0.400. The van der Waals surface area contributed by atoms with Crippen LogP contribution in [0.15, 0.2) is 59.6 Å². The lowest BCUT2D eigenvalue weighted by Crippen LogP contribution is -2.02. The van der Waals surface area contributed by atoms with Crippen LogP contribution < -0.4 is 0 Å². The molecule has 2 aromatic carbocycles. The molecule has 0 unspecified atom stereocenters. The summed E-state index contributed by atoms with van der Waals surface area (Å²) in [4.78, 5) is 6.34. The summed E-state index contributed by atoms with van der Waals surface area (Å²) in [5, 5.41) is 3.56. The summed E-state index contributed by atoms with van der Waals surface area (Å²) in [6.07, 6.45) is 15.2. The van der Waals surface area contributed by atoms with Gasteiger partial charge in [0, 0.05) is 17.1 Å². The minimum Gasteiger partial charge on any atom is -0.256 e. The highest BCUT2D eigenvalue weighted by Gasteiger charge is 2.35. The van der Waals surface area contributed by atoms with Crippen molar-refractivity contribution in [2.75, 3.05) is 12.5 Å². The van der Waals surface area contributed by atoms with Gasteiger partial charge >= 0.3 is 0 Å². The third-order valence-corrected chi connectivity index (χ3v) is 10.3. The second kappa shape index (κ2) is 6.67. The predicted molar refractivity (Wildman–Crippen MR) is 119 cm³/mol. The van der Waals surface area contributed by atoms with Gasteiger partial charge in [0.25, 0.3) is 0 Å². The zero-order valence-corrected chi connectivity index (χ0v) is 17.3. The average Bonchev–Trinajstić information content (AvgIpc) is 3.43. The maximum Gasteiger partial charge on any atom is 0.0780 e. The molecule has 0 N–H and O–H groups in total. The van der Waals surface area contributed by atoms with Gasteiger partial charge in [0.2, 0.25) is 0 Å². The SMILES string of the molecule is CS(C)(c1ccc2c(-c3cccc(C4CCCC4)c3)nccc2c1)C1CC1. The van der Waals surface area contributed by atoms with Gasteiger partial charge in [0.1, 0.15) is 0 Å². The molecule has 2 heteroatoms. The van der Waals surface area contributed by atoms with E-state index in [9.17, 15) is 0 Å². The molecule has 140 valence electrons. The Morgan fingerprint density at radius 3 is 2.48 bits per heavy atom. The van der Waals surface area contributed by atoms with Crippen LogP contribution in [0.4, 0.5) is 0 Å². The molecule has 0 atom stereocenters. The molecule has 2 fully saturated rings. The maximum absolute atomic E-state index is 4.79. The van der Waals surface area contributed by atoms with Gasteiger partial charge in [-0.15, -0.1) is 0 Å². The minimum absolute atomic E-state index is 0.673. The molecule has 2 aliphatic carbocycles. The van der Waals surface area contributed by atoms with Crippen molar-refractivity contribution in [1.29, 1.82) is 0 Å². The molecule has 0 amide bonds. The zero-order chi connectivity index (χ0) is 18.4. The molecule has 27 heavy (non-hydrogen) atoms. The summed E-state index contributed by atoms with van der Waals surface area (Å²) in [5.74, 6) is 0.745. The minimum atomic E-state index is -0.673. The first-order valence-electron chi connectivity index (χ1n) is 10.3. The Morgan fingerprint density at radius 2 is 1.70 bits per heavy atom. The van der Waals surface area contributed by atoms with Gasteiger partial charge in [-0.2, -0.15) is 0 Å². The first-order valence-corrected chi connectivity index (χ1v) is 12.9. The summed E-state index contributed by atoms with van der Waals surface area (Å²) in [5.41, 5.74) is 3.91. The Bertz CT molecular complexity index is 981. The third kappa shape index (κ3) is 3.18. The number of nitrogens with zero attached hydrogens (tertiary/aromatic N) is 1. The van der Waals surface area contributed by atoms with Gasteiger partial charge in [-0.05, 0) is 89.5 Å². The van der Waals surface area contributed by atoms with Crippen LogP contribution in [0.5, 0.6) is 0 Å². The number of benzene rings is 2. The van der Waals surface area contributed by atoms with Crippen molar-refractivity contribution in [2.45, 2.75) is 54.6 Å². The van der Waals surface area contributed by atoms with Crippen LogP contribution in [0, 0.1) is 0 Å².